The number of hydrogen-bond acceptors (Lipinski definition) is 4. The number of guanidine groups is 1. The van der Waals surface area contributed by atoms with Gasteiger partial charge < -0.3 is 15.4 Å². The highest BCUT2D eigenvalue weighted by molar-refractivity contribution is 14.0. The van der Waals surface area contributed by atoms with Crippen LogP contribution in [0.5, 0.6) is 5.75 Å². The molecule has 0 radical (unpaired) electrons. The molecule has 0 atom stereocenters. The van der Waals surface area contributed by atoms with Crippen molar-refractivity contribution in [2.24, 2.45) is 4.99 Å². The van der Waals surface area contributed by atoms with Crippen molar-refractivity contribution in [2.45, 2.75) is 26.9 Å². The topological polar surface area (TPSA) is 75.8 Å². The fourth-order valence-corrected chi connectivity index (χ4v) is 2.79. The SMILES string of the molecule is CCNC(=NCc1ccc(Cl)cc1OCC)NCc1nnc2ccccn12.I. The number of pyridine rings is 1. The van der Waals surface area contributed by atoms with Crippen LogP contribution in [0.25, 0.3) is 5.65 Å². The number of benzene rings is 1. The van der Waals surface area contributed by atoms with E-state index in [0.29, 0.717) is 30.7 Å². The van der Waals surface area contributed by atoms with E-state index in [1.54, 1.807) is 0 Å². The second kappa shape index (κ2) is 11.1. The summed E-state index contributed by atoms with van der Waals surface area (Å²) in [6, 6.07) is 11.4. The molecule has 7 nitrogen and oxygen atoms in total. The largest absolute Gasteiger partial charge is 0.493 e. The minimum Gasteiger partial charge on any atom is -0.493 e. The van der Waals surface area contributed by atoms with Crippen LogP contribution in [-0.2, 0) is 13.1 Å². The van der Waals surface area contributed by atoms with E-state index < -0.39 is 0 Å². The predicted molar refractivity (Wildman–Crippen MR) is 123 cm³/mol. The average Bonchev–Trinajstić information content (AvgIpc) is 3.09. The molecule has 9 heteroatoms. The lowest BCUT2D eigenvalue weighted by Crippen LogP contribution is -2.37. The molecule has 28 heavy (non-hydrogen) atoms. The highest BCUT2D eigenvalue weighted by atomic mass is 127. The number of rotatable bonds is 7. The van der Waals surface area contributed by atoms with Crippen molar-refractivity contribution in [3.05, 3.63) is 59.0 Å². The van der Waals surface area contributed by atoms with E-state index in [-0.39, 0.29) is 24.0 Å². The molecule has 0 unspecified atom stereocenters. The number of aromatic nitrogens is 3. The quantitative estimate of drug-likeness (QED) is 0.286. The van der Waals surface area contributed by atoms with Crippen LogP contribution >= 0.6 is 35.6 Å². The van der Waals surface area contributed by atoms with Gasteiger partial charge in [0, 0.05) is 23.3 Å². The Morgan fingerprint density at radius 3 is 2.82 bits per heavy atom. The molecule has 0 saturated heterocycles. The van der Waals surface area contributed by atoms with Gasteiger partial charge in [-0.1, -0.05) is 23.7 Å². The summed E-state index contributed by atoms with van der Waals surface area (Å²) in [5.41, 5.74) is 1.80. The van der Waals surface area contributed by atoms with Gasteiger partial charge in [0.15, 0.2) is 17.4 Å². The molecule has 2 heterocycles. The van der Waals surface area contributed by atoms with Gasteiger partial charge in [-0.2, -0.15) is 0 Å². The summed E-state index contributed by atoms with van der Waals surface area (Å²) in [5, 5.41) is 15.6. The maximum absolute atomic E-state index is 6.06. The van der Waals surface area contributed by atoms with Gasteiger partial charge in [0.25, 0.3) is 0 Å². The maximum Gasteiger partial charge on any atom is 0.191 e. The highest BCUT2D eigenvalue weighted by Gasteiger charge is 2.07. The molecule has 2 aromatic heterocycles. The summed E-state index contributed by atoms with van der Waals surface area (Å²) >= 11 is 6.06. The van der Waals surface area contributed by atoms with Crippen LogP contribution in [0.2, 0.25) is 5.02 Å². The molecule has 0 amide bonds. The van der Waals surface area contributed by atoms with Crippen LogP contribution in [0, 0.1) is 0 Å². The normalized spacial score (nSPS) is 11.2. The third-order valence-electron chi connectivity index (χ3n) is 3.88. The Bertz CT molecular complexity index is 930. The number of aliphatic imine (C=N–C) groups is 1. The first-order valence-corrected chi connectivity index (χ1v) is 9.31. The molecule has 0 aliphatic carbocycles. The van der Waals surface area contributed by atoms with Crippen LogP contribution in [-0.4, -0.2) is 33.7 Å². The fourth-order valence-electron chi connectivity index (χ4n) is 2.63. The molecular weight excluding hydrogens is 491 g/mol. The van der Waals surface area contributed by atoms with Crippen molar-refractivity contribution in [1.29, 1.82) is 0 Å². The first-order valence-electron chi connectivity index (χ1n) is 8.93. The standard InChI is InChI=1S/C19H23ClN6O.HI/c1-3-21-19(22-12-14-8-9-15(20)11-16(14)27-4-2)23-13-18-25-24-17-7-5-6-10-26(17)18;/h5-11H,3-4,12-13H2,1-2H3,(H2,21,22,23);1H. The molecule has 0 fully saturated rings. The van der Waals surface area contributed by atoms with Gasteiger partial charge in [0.05, 0.1) is 19.7 Å². The van der Waals surface area contributed by atoms with Crippen molar-refractivity contribution in [2.75, 3.05) is 13.2 Å². The Hall–Kier alpha value is -2.07. The third kappa shape index (κ3) is 5.71. The average molecular weight is 515 g/mol. The van der Waals surface area contributed by atoms with E-state index in [4.69, 9.17) is 16.3 Å². The number of hydrogen-bond donors (Lipinski definition) is 2. The molecule has 3 rings (SSSR count). The Labute approximate surface area is 186 Å². The first-order chi connectivity index (χ1) is 13.2. The second-order valence-corrected chi connectivity index (χ2v) is 6.22. The van der Waals surface area contributed by atoms with Crippen molar-refractivity contribution in [1.82, 2.24) is 25.2 Å². The lowest BCUT2D eigenvalue weighted by atomic mass is 10.2. The van der Waals surface area contributed by atoms with Gasteiger partial charge in [-0.3, -0.25) is 4.40 Å². The molecule has 0 saturated carbocycles. The summed E-state index contributed by atoms with van der Waals surface area (Å²) < 4.78 is 7.61. The van der Waals surface area contributed by atoms with Gasteiger partial charge in [-0.15, -0.1) is 34.2 Å². The number of nitrogens with one attached hydrogen (secondary N) is 2. The van der Waals surface area contributed by atoms with E-state index in [2.05, 4.69) is 25.8 Å². The van der Waals surface area contributed by atoms with Crippen molar-refractivity contribution >= 4 is 47.2 Å². The Kier molecular flexibility index (Phi) is 8.78. The van der Waals surface area contributed by atoms with E-state index in [1.807, 2.05) is 60.8 Å². The summed E-state index contributed by atoms with van der Waals surface area (Å²) in [5.74, 6) is 2.27. The van der Waals surface area contributed by atoms with Gasteiger partial charge in [-0.25, -0.2) is 4.99 Å². The van der Waals surface area contributed by atoms with E-state index in [0.717, 1.165) is 29.3 Å². The van der Waals surface area contributed by atoms with Gasteiger partial charge in [-0.05, 0) is 38.1 Å². The molecule has 0 aliphatic rings. The molecular formula is C19H24ClIN6O. The fraction of sp³-hybridized carbons (Fsp3) is 0.316. The summed E-state index contributed by atoms with van der Waals surface area (Å²) in [7, 11) is 0. The summed E-state index contributed by atoms with van der Waals surface area (Å²) in [6.45, 7) is 6.29. The Balaban J connectivity index is 0.00000280. The van der Waals surface area contributed by atoms with Gasteiger partial charge in [0.2, 0.25) is 0 Å². The smallest absolute Gasteiger partial charge is 0.191 e. The zero-order valence-corrected chi connectivity index (χ0v) is 18.9. The van der Waals surface area contributed by atoms with E-state index in [1.165, 1.54) is 0 Å². The van der Waals surface area contributed by atoms with Crippen LogP contribution in [0.4, 0.5) is 0 Å². The van der Waals surface area contributed by atoms with Gasteiger partial charge >= 0.3 is 0 Å². The Morgan fingerprint density at radius 1 is 1.18 bits per heavy atom. The van der Waals surface area contributed by atoms with E-state index in [9.17, 15) is 0 Å². The van der Waals surface area contributed by atoms with Crippen molar-refractivity contribution < 1.29 is 4.74 Å². The molecule has 0 aliphatic heterocycles. The van der Waals surface area contributed by atoms with Crippen molar-refractivity contribution in [3.63, 3.8) is 0 Å². The summed E-state index contributed by atoms with van der Waals surface area (Å²) in [4.78, 5) is 4.65. The highest BCUT2D eigenvalue weighted by Crippen LogP contribution is 2.24. The second-order valence-electron chi connectivity index (χ2n) is 5.78. The van der Waals surface area contributed by atoms with E-state index >= 15 is 0 Å². The van der Waals surface area contributed by atoms with Crippen LogP contribution in [0.15, 0.2) is 47.6 Å². The zero-order chi connectivity index (χ0) is 19.1. The molecule has 0 bridgehead atoms. The minimum absolute atomic E-state index is 0. The molecule has 0 spiro atoms. The monoisotopic (exact) mass is 514 g/mol. The molecule has 2 N–H and O–H groups in total. The third-order valence-corrected chi connectivity index (χ3v) is 4.11. The number of nitrogens with zero attached hydrogens (tertiary/aromatic N) is 4. The zero-order valence-electron chi connectivity index (χ0n) is 15.9. The molecule has 1 aromatic carbocycles. The lowest BCUT2D eigenvalue weighted by Gasteiger charge is -2.12. The number of ether oxygens (including phenoxy) is 1. The van der Waals surface area contributed by atoms with Crippen molar-refractivity contribution in [3.8, 4) is 5.75 Å². The van der Waals surface area contributed by atoms with Crippen LogP contribution in [0.1, 0.15) is 25.2 Å². The molecule has 150 valence electrons. The number of halogens is 2. The predicted octanol–water partition coefficient (Wildman–Crippen LogP) is 3.65. The summed E-state index contributed by atoms with van der Waals surface area (Å²) in [6.07, 6.45) is 1.94. The first kappa shape index (κ1) is 22.2. The maximum atomic E-state index is 6.06. The lowest BCUT2D eigenvalue weighted by molar-refractivity contribution is 0.336. The van der Waals surface area contributed by atoms with Crippen LogP contribution in [0.3, 0.4) is 0 Å². The van der Waals surface area contributed by atoms with Gasteiger partial charge in [0.1, 0.15) is 5.75 Å². The molecule has 3 aromatic rings. The number of fused-ring (bicyclic) bond motifs is 1. The Morgan fingerprint density at radius 2 is 2.04 bits per heavy atom. The van der Waals surface area contributed by atoms with Crippen LogP contribution < -0.4 is 15.4 Å². The minimum atomic E-state index is 0.